The highest BCUT2D eigenvalue weighted by Crippen LogP contribution is 2.26. The van der Waals surface area contributed by atoms with Gasteiger partial charge in [-0.1, -0.05) is 17.7 Å². The lowest BCUT2D eigenvalue weighted by molar-refractivity contribution is 0.0563. The highest BCUT2D eigenvalue weighted by Gasteiger charge is 2.19. The fourth-order valence-corrected chi connectivity index (χ4v) is 2.82. The van der Waals surface area contributed by atoms with Gasteiger partial charge < -0.3 is 10.5 Å². The number of ether oxygens (including phenoxy) is 1. The molecule has 1 unspecified atom stereocenters. The van der Waals surface area contributed by atoms with Gasteiger partial charge in [0.2, 0.25) is 0 Å². The van der Waals surface area contributed by atoms with Gasteiger partial charge in [-0.05, 0) is 58.4 Å². The molecule has 0 aliphatic heterocycles. The first-order chi connectivity index (χ1) is 9.36. The van der Waals surface area contributed by atoms with Gasteiger partial charge in [-0.2, -0.15) is 0 Å². The maximum atomic E-state index is 6.03. The molecule has 1 aromatic carbocycles. The van der Waals surface area contributed by atoms with Crippen molar-refractivity contribution in [3.05, 3.63) is 34.4 Å². The Bertz CT molecular complexity index is 406. The lowest BCUT2D eigenvalue weighted by Crippen LogP contribution is -2.34. The van der Waals surface area contributed by atoms with E-state index < -0.39 is 0 Å². The highest BCUT2D eigenvalue weighted by atomic mass is 16.5. The summed E-state index contributed by atoms with van der Waals surface area (Å²) in [6, 6.07) is 4.73. The van der Waals surface area contributed by atoms with E-state index in [1.54, 1.807) is 0 Å². The van der Waals surface area contributed by atoms with Crippen LogP contribution in [-0.2, 0) is 4.74 Å². The van der Waals surface area contributed by atoms with Crippen molar-refractivity contribution in [1.29, 1.82) is 0 Å². The summed E-state index contributed by atoms with van der Waals surface area (Å²) in [5.74, 6) is 0. The third kappa shape index (κ3) is 4.58. The Morgan fingerprint density at radius 3 is 2.15 bits per heavy atom. The summed E-state index contributed by atoms with van der Waals surface area (Å²) >= 11 is 0. The van der Waals surface area contributed by atoms with Crippen molar-refractivity contribution < 1.29 is 4.74 Å². The summed E-state index contributed by atoms with van der Waals surface area (Å²) < 4.78 is 5.64. The molecule has 0 bridgehead atoms. The number of hydrogen-bond acceptors (Lipinski definition) is 3. The second-order valence-electron chi connectivity index (χ2n) is 5.96. The Labute approximate surface area is 124 Å². The van der Waals surface area contributed by atoms with E-state index in [9.17, 15) is 0 Å². The molecule has 0 saturated heterocycles. The molecule has 1 atom stereocenters. The van der Waals surface area contributed by atoms with E-state index in [0.29, 0.717) is 6.54 Å². The van der Waals surface area contributed by atoms with Crippen molar-refractivity contribution in [2.24, 2.45) is 5.73 Å². The Hall–Kier alpha value is -0.900. The van der Waals surface area contributed by atoms with Crippen LogP contribution in [0.5, 0.6) is 0 Å². The largest absolute Gasteiger partial charge is 0.377 e. The molecule has 0 heterocycles. The van der Waals surface area contributed by atoms with Crippen LogP contribution in [0.3, 0.4) is 0 Å². The number of benzene rings is 1. The average Bonchev–Trinajstić information content (AvgIpc) is 2.32. The van der Waals surface area contributed by atoms with E-state index in [0.717, 1.165) is 13.2 Å². The van der Waals surface area contributed by atoms with Gasteiger partial charge in [0.05, 0.1) is 12.7 Å². The first kappa shape index (κ1) is 17.2. The molecule has 0 amide bonds. The van der Waals surface area contributed by atoms with Crippen LogP contribution in [-0.4, -0.2) is 37.7 Å². The van der Waals surface area contributed by atoms with E-state index in [4.69, 9.17) is 10.5 Å². The molecule has 1 aromatic rings. The minimum Gasteiger partial charge on any atom is -0.377 e. The van der Waals surface area contributed by atoms with Crippen molar-refractivity contribution >= 4 is 0 Å². The zero-order valence-corrected chi connectivity index (χ0v) is 13.9. The molecule has 20 heavy (non-hydrogen) atoms. The summed E-state index contributed by atoms with van der Waals surface area (Å²) in [5.41, 5.74) is 11.4. The smallest absolute Gasteiger partial charge is 0.0597 e. The Kier molecular flexibility index (Phi) is 6.66. The predicted molar refractivity (Wildman–Crippen MR) is 86.2 cm³/mol. The van der Waals surface area contributed by atoms with Crippen LogP contribution in [0.2, 0.25) is 0 Å². The van der Waals surface area contributed by atoms with E-state index in [-0.39, 0.29) is 12.1 Å². The number of likely N-dealkylation sites (N-methyl/N-ethyl adjacent to an activating group) is 1. The van der Waals surface area contributed by atoms with Gasteiger partial charge in [-0.25, -0.2) is 0 Å². The van der Waals surface area contributed by atoms with Crippen LogP contribution >= 0.6 is 0 Å². The second kappa shape index (κ2) is 7.77. The highest BCUT2D eigenvalue weighted by molar-refractivity contribution is 5.39. The van der Waals surface area contributed by atoms with Gasteiger partial charge in [0, 0.05) is 19.1 Å². The average molecular weight is 278 g/mol. The quantitative estimate of drug-likeness (QED) is 0.833. The lowest BCUT2D eigenvalue weighted by Gasteiger charge is -2.30. The number of nitrogens with two attached hydrogens (primary N) is 1. The molecule has 0 radical (unpaired) electrons. The van der Waals surface area contributed by atoms with Crippen LogP contribution < -0.4 is 5.73 Å². The summed E-state index contributed by atoms with van der Waals surface area (Å²) in [6.45, 7) is 12.9. The standard InChI is InChI=1S/C17H30N2O/c1-12(2)20-8-7-19(6)16(11-18)17-14(4)9-13(3)10-15(17)5/h9-10,12,16H,7-8,11,18H2,1-6H3. The van der Waals surface area contributed by atoms with Crippen LogP contribution in [0.4, 0.5) is 0 Å². The molecule has 2 N–H and O–H groups in total. The van der Waals surface area contributed by atoms with E-state index in [2.05, 4.69) is 58.7 Å². The van der Waals surface area contributed by atoms with E-state index in [1.807, 2.05) is 0 Å². The molecular formula is C17H30N2O. The number of aryl methyl sites for hydroxylation is 3. The van der Waals surface area contributed by atoms with Crippen molar-refractivity contribution in [3.63, 3.8) is 0 Å². The van der Waals surface area contributed by atoms with Crippen molar-refractivity contribution in [2.75, 3.05) is 26.7 Å². The summed E-state index contributed by atoms with van der Waals surface area (Å²) in [7, 11) is 2.12. The monoisotopic (exact) mass is 278 g/mol. The summed E-state index contributed by atoms with van der Waals surface area (Å²) in [4.78, 5) is 2.30. The predicted octanol–water partition coefficient (Wildman–Crippen LogP) is 2.97. The van der Waals surface area contributed by atoms with Gasteiger partial charge in [0.15, 0.2) is 0 Å². The van der Waals surface area contributed by atoms with E-state index in [1.165, 1.54) is 22.3 Å². The van der Waals surface area contributed by atoms with E-state index >= 15 is 0 Å². The van der Waals surface area contributed by atoms with Gasteiger partial charge in [0.1, 0.15) is 0 Å². The molecule has 3 heteroatoms. The fraction of sp³-hybridized carbons (Fsp3) is 0.647. The topological polar surface area (TPSA) is 38.5 Å². The zero-order valence-electron chi connectivity index (χ0n) is 13.9. The zero-order chi connectivity index (χ0) is 15.3. The molecule has 0 fully saturated rings. The van der Waals surface area contributed by atoms with Crippen LogP contribution in [0.15, 0.2) is 12.1 Å². The maximum absolute atomic E-state index is 6.03. The molecule has 0 spiro atoms. The van der Waals surface area contributed by atoms with Crippen molar-refractivity contribution in [2.45, 2.75) is 46.8 Å². The Balaban J connectivity index is 2.85. The van der Waals surface area contributed by atoms with Crippen molar-refractivity contribution in [3.8, 4) is 0 Å². The normalized spacial score (nSPS) is 13.2. The molecular weight excluding hydrogens is 248 g/mol. The first-order valence-corrected chi connectivity index (χ1v) is 7.46. The SMILES string of the molecule is Cc1cc(C)c(C(CN)N(C)CCOC(C)C)c(C)c1. The Morgan fingerprint density at radius 2 is 1.70 bits per heavy atom. The molecule has 0 aromatic heterocycles. The van der Waals surface area contributed by atoms with Gasteiger partial charge in [-0.15, -0.1) is 0 Å². The maximum Gasteiger partial charge on any atom is 0.0597 e. The van der Waals surface area contributed by atoms with Crippen LogP contribution in [0.25, 0.3) is 0 Å². The lowest BCUT2D eigenvalue weighted by atomic mass is 9.93. The van der Waals surface area contributed by atoms with Gasteiger partial charge in [-0.3, -0.25) is 4.90 Å². The third-order valence-electron chi connectivity index (χ3n) is 3.72. The fourth-order valence-electron chi connectivity index (χ4n) is 2.82. The Morgan fingerprint density at radius 1 is 1.15 bits per heavy atom. The first-order valence-electron chi connectivity index (χ1n) is 7.46. The van der Waals surface area contributed by atoms with Crippen molar-refractivity contribution in [1.82, 2.24) is 4.90 Å². The number of nitrogens with zero attached hydrogens (tertiary/aromatic N) is 1. The minimum absolute atomic E-state index is 0.256. The minimum atomic E-state index is 0.256. The molecule has 0 saturated carbocycles. The van der Waals surface area contributed by atoms with Gasteiger partial charge in [0.25, 0.3) is 0 Å². The number of rotatable bonds is 7. The third-order valence-corrected chi connectivity index (χ3v) is 3.72. The van der Waals surface area contributed by atoms with Crippen LogP contribution in [0.1, 0.15) is 42.1 Å². The summed E-state index contributed by atoms with van der Waals surface area (Å²) in [6.07, 6.45) is 0.280. The van der Waals surface area contributed by atoms with Gasteiger partial charge >= 0.3 is 0 Å². The molecule has 114 valence electrons. The number of hydrogen-bond donors (Lipinski definition) is 1. The van der Waals surface area contributed by atoms with Crippen LogP contribution in [0, 0.1) is 20.8 Å². The second-order valence-corrected chi connectivity index (χ2v) is 5.96. The molecule has 3 nitrogen and oxygen atoms in total. The molecule has 1 rings (SSSR count). The molecule has 0 aliphatic carbocycles. The summed E-state index contributed by atoms with van der Waals surface area (Å²) in [5, 5.41) is 0. The molecule has 0 aliphatic rings.